The monoisotopic (exact) mass is 340 g/mol. The fraction of sp³-hybridized carbons (Fsp3) is 0.300. The predicted molar refractivity (Wildman–Crippen MR) is 67.8 cm³/mol. The van der Waals surface area contributed by atoms with E-state index in [1.165, 1.54) is 18.2 Å². The highest BCUT2D eigenvalue weighted by molar-refractivity contribution is 9.10. The Kier molecular flexibility index (Phi) is 4.97. The Morgan fingerprint density at radius 3 is 2.65 bits per heavy atom. The maximum absolute atomic E-state index is 11.6. The Labute approximate surface area is 112 Å². The summed E-state index contributed by atoms with van der Waals surface area (Å²) in [5, 5.41) is 0. The maximum atomic E-state index is 11.6. The first-order chi connectivity index (χ1) is 7.86. The average Bonchev–Trinajstić information content (AvgIpc) is 2.24. The number of esters is 1. The molecule has 0 atom stereocenters. The number of hydrogen-bond acceptors (Lipinski definition) is 4. The molecule has 1 aromatic carbocycles. The second kappa shape index (κ2) is 5.84. The van der Waals surface area contributed by atoms with Crippen molar-refractivity contribution in [2.24, 2.45) is 0 Å². The molecule has 0 N–H and O–H groups in total. The summed E-state index contributed by atoms with van der Waals surface area (Å²) < 4.78 is 27.6. The van der Waals surface area contributed by atoms with Gasteiger partial charge in [0.15, 0.2) is 0 Å². The van der Waals surface area contributed by atoms with Crippen LogP contribution in [0.2, 0.25) is 0 Å². The van der Waals surface area contributed by atoms with Gasteiger partial charge in [0, 0.05) is 15.2 Å². The summed E-state index contributed by atoms with van der Waals surface area (Å²) in [5.41, 5.74) is 0.139. The Morgan fingerprint density at radius 1 is 1.47 bits per heavy atom. The Hall–Kier alpha value is -0.590. The molecule has 0 saturated carbocycles. The molecule has 0 spiro atoms. The van der Waals surface area contributed by atoms with Gasteiger partial charge in [0.05, 0.1) is 17.1 Å². The fourth-order valence-corrected chi connectivity index (χ4v) is 2.27. The number of carbonyl (C=O) groups is 1. The first-order valence-corrected chi connectivity index (χ1v) is 7.88. The summed E-state index contributed by atoms with van der Waals surface area (Å²) in [6.07, 6.45) is 0.691. The van der Waals surface area contributed by atoms with Crippen molar-refractivity contribution in [1.29, 1.82) is 0 Å². The lowest BCUT2D eigenvalue weighted by atomic mass is 10.2. The molecule has 0 saturated heterocycles. The molecule has 0 unspecified atom stereocenters. The lowest BCUT2D eigenvalue weighted by Gasteiger charge is -2.06. The second-order valence-electron chi connectivity index (χ2n) is 3.22. The van der Waals surface area contributed by atoms with E-state index in [4.69, 9.17) is 15.4 Å². The minimum atomic E-state index is -3.85. The van der Waals surface area contributed by atoms with E-state index in [1.54, 1.807) is 0 Å². The Morgan fingerprint density at radius 2 is 2.12 bits per heavy atom. The summed E-state index contributed by atoms with van der Waals surface area (Å²) >= 11 is 3.15. The van der Waals surface area contributed by atoms with Crippen molar-refractivity contribution in [3.05, 3.63) is 28.2 Å². The fourth-order valence-electron chi connectivity index (χ4n) is 1.08. The number of ether oxygens (including phenoxy) is 1. The molecule has 7 heteroatoms. The third-order valence-electron chi connectivity index (χ3n) is 1.88. The van der Waals surface area contributed by atoms with Crippen LogP contribution in [0.3, 0.4) is 0 Å². The van der Waals surface area contributed by atoms with Gasteiger partial charge in [0.25, 0.3) is 9.05 Å². The van der Waals surface area contributed by atoms with Crippen molar-refractivity contribution in [2.45, 2.75) is 18.2 Å². The third kappa shape index (κ3) is 3.97. The zero-order valence-electron chi connectivity index (χ0n) is 8.94. The van der Waals surface area contributed by atoms with E-state index in [-0.39, 0.29) is 17.1 Å². The lowest BCUT2D eigenvalue weighted by molar-refractivity contribution is 0.0503. The molecule has 0 fully saturated rings. The van der Waals surface area contributed by atoms with Gasteiger partial charge in [-0.1, -0.05) is 6.92 Å². The standard InChI is InChI=1S/C10H10BrClO4S/c1-2-5-16-10(13)8-6-7(17(12,14)15)3-4-9(8)11/h3-4,6H,2,5H2,1H3. The van der Waals surface area contributed by atoms with Crippen molar-refractivity contribution >= 4 is 41.6 Å². The van der Waals surface area contributed by atoms with Crippen molar-refractivity contribution in [2.75, 3.05) is 6.61 Å². The molecular weight excluding hydrogens is 332 g/mol. The normalized spacial score (nSPS) is 11.2. The van der Waals surface area contributed by atoms with Crippen LogP contribution in [-0.4, -0.2) is 21.0 Å². The molecule has 0 aliphatic carbocycles. The predicted octanol–water partition coefficient (Wildman–Crippen LogP) is 2.94. The van der Waals surface area contributed by atoms with E-state index >= 15 is 0 Å². The smallest absolute Gasteiger partial charge is 0.339 e. The lowest BCUT2D eigenvalue weighted by Crippen LogP contribution is -2.07. The zero-order chi connectivity index (χ0) is 13.1. The summed E-state index contributed by atoms with van der Waals surface area (Å²) in [7, 11) is 1.34. The third-order valence-corrected chi connectivity index (χ3v) is 3.92. The van der Waals surface area contributed by atoms with Crippen LogP contribution in [0.4, 0.5) is 0 Å². The van der Waals surface area contributed by atoms with Crippen molar-refractivity contribution in [3.8, 4) is 0 Å². The van der Waals surface area contributed by atoms with E-state index < -0.39 is 15.0 Å². The minimum Gasteiger partial charge on any atom is -0.462 e. The molecule has 17 heavy (non-hydrogen) atoms. The number of halogens is 2. The molecule has 0 aliphatic rings. The van der Waals surface area contributed by atoms with Crippen LogP contribution in [0.15, 0.2) is 27.6 Å². The zero-order valence-corrected chi connectivity index (χ0v) is 12.1. The SMILES string of the molecule is CCCOC(=O)c1cc(S(=O)(=O)Cl)ccc1Br. The first-order valence-electron chi connectivity index (χ1n) is 4.77. The summed E-state index contributed by atoms with van der Waals surface area (Å²) in [5.74, 6) is -0.583. The van der Waals surface area contributed by atoms with E-state index in [1.807, 2.05) is 6.92 Å². The van der Waals surface area contributed by atoms with E-state index in [0.29, 0.717) is 10.9 Å². The summed E-state index contributed by atoms with van der Waals surface area (Å²) in [6.45, 7) is 2.14. The Balaban J connectivity index is 3.11. The second-order valence-corrected chi connectivity index (χ2v) is 6.64. The largest absolute Gasteiger partial charge is 0.462 e. The summed E-state index contributed by atoms with van der Waals surface area (Å²) in [6, 6.07) is 3.94. The molecule has 0 heterocycles. The van der Waals surface area contributed by atoms with Gasteiger partial charge in [0.1, 0.15) is 0 Å². The molecule has 0 bridgehead atoms. The van der Waals surface area contributed by atoms with Crippen LogP contribution in [0, 0.1) is 0 Å². The van der Waals surface area contributed by atoms with Gasteiger partial charge in [-0.2, -0.15) is 0 Å². The maximum Gasteiger partial charge on any atom is 0.339 e. The quantitative estimate of drug-likeness (QED) is 0.624. The van der Waals surface area contributed by atoms with Crippen LogP contribution in [-0.2, 0) is 13.8 Å². The van der Waals surface area contributed by atoms with Gasteiger partial charge in [-0.25, -0.2) is 13.2 Å². The molecule has 0 aliphatic heterocycles. The van der Waals surface area contributed by atoms with E-state index in [2.05, 4.69) is 15.9 Å². The molecule has 94 valence electrons. The van der Waals surface area contributed by atoms with Gasteiger partial charge >= 0.3 is 5.97 Å². The average molecular weight is 342 g/mol. The molecular formula is C10H10BrClO4S. The molecule has 4 nitrogen and oxygen atoms in total. The van der Waals surface area contributed by atoms with Crippen molar-refractivity contribution in [1.82, 2.24) is 0 Å². The minimum absolute atomic E-state index is 0.134. The van der Waals surface area contributed by atoms with Crippen molar-refractivity contribution in [3.63, 3.8) is 0 Å². The van der Waals surface area contributed by atoms with Gasteiger partial charge in [0.2, 0.25) is 0 Å². The molecule has 0 radical (unpaired) electrons. The topological polar surface area (TPSA) is 60.4 Å². The van der Waals surface area contributed by atoms with Crippen LogP contribution in [0.1, 0.15) is 23.7 Å². The molecule has 0 aromatic heterocycles. The van der Waals surface area contributed by atoms with E-state index in [9.17, 15) is 13.2 Å². The highest BCUT2D eigenvalue weighted by Gasteiger charge is 2.17. The van der Waals surface area contributed by atoms with Crippen LogP contribution in [0.25, 0.3) is 0 Å². The number of hydrogen-bond donors (Lipinski definition) is 0. The Bertz CT molecular complexity index is 527. The van der Waals surface area contributed by atoms with Crippen LogP contribution >= 0.6 is 26.6 Å². The van der Waals surface area contributed by atoms with Crippen molar-refractivity contribution < 1.29 is 17.9 Å². The number of carbonyl (C=O) groups excluding carboxylic acids is 1. The molecule has 1 rings (SSSR count). The van der Waals surface area contributed by atoms with Gasteiger partial charge in [-0.05, 0) is 40.5 Å². The number of benzene rings is 1. The highest BCUT2D eigenvalue weighted by Crippen LogP contribution is 2.23. The number of rotatable bonds is 4. The first kappa shape index (κ1) is 14.5. The molecule has 0 amide bonds. The van der Waals surface area contributed by atoms with Gasteiger partial charge < -0.3 is 4.74 Å². The van der Waals surface area contributed by atoms with E-state index in [0.717, 1.165) is 0 Å². The molecule has 1 aromatic rings. The summed E-state index contributed by atoms with van der Waals surface area (Å²) in [4.78, 5) is 11.5. The highest BCUT2D eigenvalue weighted by atomic mass is 79.9. The van der Waals surface area contributed by atoms with Crippen LogP contribution < -0.4 is 0 Å². The van der Waals surface area contributed by atoms with Crippen LogP contribution in [0.5, 0.6) is 0 Å². The van der Waals surface area contributed by atoms with Gasteiger partial charge in [-0.15, -0.1) is 0 Å². The van der Waals surface area contributed by atoms with Gasteiger partial charge in [-0.3, -0.25) is 0 Å².